The number of aromatic nitrogens is 3. The zero-order chi connectivity index (χ0) is 22.8. The summed E-state index contributed by atoms with van der Waals surface area (Å²) < 4.78 is 12.9. The highest BCUT2D eigenvalue weighted by atomic mass is 16.5. The molecule has 0 spiro atoms. The first kappa shape index (κ1) is 22.0. The Kier molecular flexibility index (Phi) is 6.24. The van der Waals surface area contributed by atoms with Crippen LogP contribution in [0.2, 0.25) is 0 Å². The number of imidazole rings is 1. The van der Waals surface area contributed by atoms with E-state index in [9.17, 15) is 9.59 Å². The largest absolute Gasteiger partial charge is 0.436 e. The van der Waals surface area contributed by atoms with Gasteiger partial charge in [-0.15, -0.1) is 0 Å². The van der Waals surface area contributed by atoms with Crippen molar-refractivity contribution in [1.82, 2.24) is 19.4 Å². The van der Waals surface area contributed by atoms with Crippen molar-refractivity contribution in [3.63, 3.8) is 0 Å². The van der Waals surface area contributed by atoms with Crippen molar-refractivity contribution in [1.29, 1.82) is 0 Å². The first-order valence-electron chi connectivity index (χ1n) is 10.8. The Morgan fingerprint density at radius 3 is 2.56 bits per heavy atom. The quantitative estimate of drug-likeness (QED) is 0.576. The molecule has 3 N–H and O–H groups in total. The number of fused-ring (bicyclic) bond motifs is 1. The van der Waals surface area contributed by atoms with Crippen molar-refractivity contribution in [2.45, 2.75) is 40.3 Å². The molecule has 1 aliphatic heterocycles. The van der Waals surface area contributed by atoms with Crippen molar-refractivity contribution in [3.05, 3.63) is 40.6 Å². The van der Waals surface area contributed by atoms with Gasteiger partial charge in [-0.25, -0.2) is 9.97 Å². The molecule has 10 heteroatoms. The van der Waals surface area contributed by atoms with Gasteiger partial charge in [0.1, 0.15) is 0 Å². The van der Waals surface area contributed by atoms with Crippen LogP contribution < -0.4 is 11.1 Å². The van der Waals surface area contributed by atoms with E-state index < -0.39 is 11.8 Å². The van der Waals surface area contributed by atoms with E-state index in [0.29, 0.717) is 54.9 Å². The lowest BCUT2D eigenvalue weighted by Crippen LogP contribution is -2.35. The molecule has 170 valence electrons. The number of ether oxygens (including phenoxy) is 1. The summed E-state index contributed by atoms with van der Waals surface area (Å²) in [4.78, 5) is 35.9. The van der Waals surface area contributed by atoms with Gasteiger partial charge >= 0.3 is 0 Å². The molecule has 0 atom stereocenters. The molecule has 2 aromatic heterocycles. The standard InChI is InChI=1S/C22H28N6O4/c1-4-5-28-18-16(12-27-6-8-31-9-7-27)10-15(20(23)29)11-17(18)25-22(28)26-21(30)19-13(2)24-14(3)32-19/h10-11H,4-9,12H2,1-3H3,(H2,23,29)(H,25,26,30). The highest BCUT2D eigenvalue weighted by Gasteiger charge is 2.23. The molecule has 4 rings (SSSR count). The van der Waals surface area contributed by atoms with Crippen LogP contribution in [0.4, 0.5) is 5.95 Å². The lowest BCUT2D eigenvalue weighted by atomic mass is 10.1. The molecule has 3 aromatic rings. The molecule has 0 bridgehead atoms. The van der Waals surface area contributed by atoms with Gasteiger partial charge in [-0.05, 0) is 31.0 Å². The number of carbonyl (C=O) groups excluding carboxylic acids is 2. The highest BCUT2D eigenvalue weighted by Crippen LogP contribution is 2.28. The number of rotatable bonds is 7. The number of nitrogens with zero attached hydrogens (tertiary/aromatic N) is 4. The number of oxazole rings is 1. The maximum atomic E-state index is 12.9. The number of hydrogen-bond acceptors (Lipinski definition) is 7. The normalized spacial score (nSPS) is 14.7. The summed E-state index contributed by atoms with van der Waals surface area (Å²) in [6.45, 7) is 9.70. The van der Waals surface area contributed by atoms with E-state index in [1.807, 2.05) is 10.6 Å². The van der Waals surface area contributed by atoms with Crippen molar-refractivity contribution < 1.29 is 18.7 Å². The molecule has 1 saturated heterocycles. The van der Waals surface area contributed by atoms with Gasteiger partial charge in [-0.2, -0.15) is 0 Å². The Balaban J connectivity index is 1.78. The Morgan fingerprint density at radius 2 is 1.94 bits per heavy atom. The Morgan fingerprint density at radius 1 is 1.19 bits per heavy atom. The molecule has 32 heavy (non-hydrogen) atoms. The van der Waals surface area contributed by atoms with Crippen LogP contribution in [-0.4, -0.2) is 57.6 Å². The smallest absolute Gasteiger partial charge is 0.295 e. The third-order valence-corrected chi connectivity index (χ3v) is 5.49. The summed E-state index contributed by atoms with van der Waals surface area (Å²) in [5.41, 5.74) is 8.92. The number of aryl methyl sites for hydroxylation is 3. The average Bonchev–Trinajstić information content (AvgIpc) is 3.28. The van der Waals surface area contributed by atoms with E-state index in [1.165, 1.54) is 0 Å². The Labute approximate surface area is 185 Å². The van der Waals surface area contributed by atoms with Gasteiger partial charge in [0.25, 0.3) is 5.91 Å². The number of carbonyl (C=O) groups is 2. The first-order chi connectivity index (χ1) is 15.4. The number of anilines is 1. The van der Waals surface area contributed by atoms with E-state index in [1.54, 1.807) is 19.9 Å². The summed E-state index contributed by atoms with van der Waals surface area (Å²) in [6.07, 6.45) is 0.837. The van der Waals surface area contributed by atoms with Gasteiger partial charge in [0, 0.05) is 38.7 Å². The van der Waals surface area contributed by atoms with Crippen LogP contribution in [0.15, 0.2) is 16.5 Å². The molecular formula is C22H28N6O4. The van der Waals surface area contributed by atoms with Gasteiger partial charge in [0.15, 0.2) is 5.89 Å². The van der Waals surface area contributed by atoms with Crippen LogP contribution in [-0.2, 0) is 17.8 Å². The van der Waals surface area contributed by atoms with Crippen LogP contribution in [0.25, 0.3) is 11.0 Å². The van der Waals surface area contributed by atoms with Crippen LogP contribution in [0, 0.1) is 13.8 Å². The SMILES string of the molecule is CCCn1c(NC(=O)c2oc(C)nc2C)nc2cc(C(N)=O)cc(CN3CCOCC3)c21. The lowest BCUT2D eigenvalue weighted by Gasteiger charge is -2.27. The molecular weight excluding hydrogens is 412 g/mol. The second-order valence-corrected chi connectivity index (χ2v) is 7.94. The summed E-state index contributed by atoms with van der Waals surface area (Å²) >= 11 is 0. The fourth-order valence-electron chi connectivity index (χ4n) is 4.06. The minimum Gasteiger partial charge on any atom is -0.436 e. The van der Waals surface area contributed by atoms with Crippen molar-refractivity contribution >= 4 is 28.8 Å². The van der Waals surface area contributed by atoms with Gasteiger partial charge in [0.05, 0.1) is 29.9 Å². The summed E-state index contributed by atoms with van der Waals surface area (Å²) in [5.74, 6) is 0.0434. The number of primary amides is 1. The van der Waals surface area contributed by atoms with Crippen molar-refractivity contribution in [3.8, 4) is 0 Å². The fourth-order valence-corrected chi connectivity index (χ4v) is 4.06. The molecule has 3 heterocycles. The first-order valence-corrected chi connectivity index (χ1v) is 10.8. The number of benzene rings is 1. The number of hydrogen-bond donors (Lipinski definition) is 2. The second kappa shape index (κ2) is 9.09. The second-order valence-electron chi connectivity index (χ2n) is 7.94. The van der Waals surface area contributed by atoms with Gasteiger partial charge in [-0.1, -0.05) is 6.92 Å². The Bertz CT molecular complexity index is 1160. The zero-order valence-electron chi connectivity index (χ0n) is 18.6. The van der Waals surface area contributed by atoms with Gasteiger partial charge in [-0.3, -0.25) is 19.8 Å². The summed E-state index contributed by atoms with van der Waals surface area (Å²) in [6, 6.07) is 3.50. The lowest BCUT2D eigenvalue weighted by molar-refractivity contribution is 0.0343. The maximum Gasteiger partial charge on any atom is 0.295 e. The number of nitrogens with two attached hydrogens (primary N) is 1. The minimum absolute atomic E-state index is 0.156. The van der Waals surface area contributed by atoms with E-state index in [2.05, 4.69) is 27.1 Å². The highest BCUT2D eigenvalue weighted by molar-refractivity contribution is 6.03. The van der Waals surface area contributed by atoms with Gasteiger partial charge < -0.3 is 19.5 Å². The van der Waals surface area contributed by atoms with E-state index in [0.717, 1.165) is 30.6 Å². The Hall–Kier alpha value is -3.24. The van der Waals surface area contributed by atoms with E-state index in [-0.39, 0.29) is 5.76 Å². The van der Waals surface area contributed by atoms with Crippen LogP contribution in [0.5, 0.6) is 0 Å². The third-order valence-electron chi connectivity index (χ3n) is 5.49. The molecule has 1 aromatic carbocycles. The monoisotopic (exact) mass is 440 g/mol. The number of amides is 2. The minimum atomic E-state index is -0.515. The molecule has 0 saturated carbocycles. The molecule has 1 fully saturated rings. The van der Waals surface area contributed by atoms with Crippen molar-refractivity contribution in [2.75, 3.05) is 31.6 Å². The maximum absolute atomic E-state index is 12.9. The number of morpholine rings is 1. The predicted octanol–water partition coefficient (Wildman–Crippen LogP) is 2.23. The van der Waals surface area contributed by atoms with Crippen molar-refractivity contribution in [2.24, 2.45) is 5.73 Å². The molecule has 0 aliphatic carbocycles. The molecule has 0 unspecified atom stereocenters. The predicted molar refractivity (Wildman–Crippen MR) is 119 cm³/mol. The third kappa shape index (κ3) is 4.37. The zero-order valence-corrected chi connectivity index (χ0v) is 18.6. The van der Waals surface area contributed by atoms with E-state index in [4.69, 9.17) is 14.9 Å². The van der Waals surface area contributed by atoms with Gasteiger partial charge in [0.2, 0.25) is 17.6 Å². The molecule has 2 amide bonds. The fraction of sp³-hybridized carbons (Fsp3) is 0.455. The summed E-state index contributed by atoms with van der Waals surface area (Å²) in [7, 11) is 0. The average molecular weight is 441 g/mol. The number of nitrogens with one attached hydrogen (secondary N) is 1. The van der Waals surface area contributed by atoms with E-state index >= 15 is 0 Å². The van der Waals surface area contributed by atoms with Crippen LogP contribution in [0.3, 0.4) is 0 Å². The topological polar surface area (TPSA) is 129 Å². The van der Waals surface area contributed by atoms with Crippen LogP contribution in [0.1, 0.15) is 51.4 Å². The van der Waals surface area contributed by atoms with Crippen LogP contribution >= 0.6 is 0 Å². The summed E-state index contributed by atoms with van der Waals surface area (Å²) in [5, 5.41) is 2.86. The molecule has 10 nitrogen and oxygen atoms in total. The molecule has 0 radical (unpaired) electrons. The molecule has 1 aliphatic rings.